The molecule has 0 amide bonds. The van der Waals surface area contributed by atoms with Gasteiger partial charge in [0.25, 0.3) is 0 Å². The molecule has 9 heteroatoms. The molecule has 1 aromatic heterocycles. The van der Waals surface area contributed by atoms with Gasteiger partial charge < -0.3 is 10.5 Å². The highest BCUT2D eigenvalue weighted by Gasteiger charge is 2.25. The molecule has 0 unspecified atom stereocenters. The molecule has 8 nitrogen and oxygen atoms in total. The van der Waals surface area contributed by atoms with Gasteiger partial charge in [0, 0.05) is 12.6 Å². The zero-order valence-corrected chi connectivity index (χ0v) is 17.7. The predicted octanol–water partition coefficient (Wildman–Crippen LogP) is 1.81. The first-order valence-corrected chi connectivity index (χ1v) is 10.5. The van der Waals surface area contributed by atoms with E-state index < -0.39 is 28.9 Å². The number of methoxy groups -OCH3 is 1. The zero-order chi connectivity index (χ0) is 22.8. The largest absolute Gasteiger partial charge is 0.494 e. The van der Waals surface area contributed by atoms with Gasteiger partial charge in [-0.15, -0.1) is 0 Å². The molecular weight excluding hydrogens is 415 g/mol. The van der Waals surface area contributed by atoms with Crippen LogP contribution in [0.1, 0.15) is 30.9 Å². The number of aromatic nitrogens is 3. The minimum atomic E-state index is -0.941. The van der Waals surface area contributed by atoms with Crippen molar-refractivity contribution < 1.29 is 9.13 Å². The van der Waals surface area contributed by atoms with Crippen molar-refractivity contribution in [3.05, 3.63) is 91.4 Å². The molecule has 2 aromatic carbocycles. The van der Waals surface area contributed by atoms with Crippen molar-refractivity contribution in [2.45, 2.75) is 38.4 Å². The molecule has 4 rings (SSSR count). The molecule has 2 N–H and O–H groups in total. The lowest BCUT2D eigenvalue weighted by Gasteiger charge is -2.26. The van der Waals surface area contributed by atoms with Crippen LogP contribution in [-0.4, -0.2) is 20.8 Å². The fourth-order valence-electron chi connectivity index (χ4n) is 3.92. The predicted molar refractivity (Wildman–Crippen MR) is 118 cm³/mol. The van der Waals surface area contributed by atoms with Crippen molar-refractivity contribution in [2.24, 2.45) is 11.7 Å². The van der Waals surface area contributed by atoms with E-state index in [1.165, 1.54) is 25.3 Å². The summed E-state index contributed by atoms with van der Waals surface area (Å²) in [5.41, 5.74) is 4.17. The van der Waals surface area contributed by atoms with Crippen molar-refractivity contribution in [1.29, 1.82) is 0 Å². The number of benzene rings is 2. The summed E-state index contributed by atoms with van der Waals surface area (Å²) in [4.78, 5) is 39.7. The van der Waals surface area contributed by atoms with Crippen molar-refractivity contribution in [1.82, 2.24) is 13.7 Å². The lowest BCUT2D eigenvalue weighted by atomic mass is 9.85. The summed E-state index contributed by atoms with van der Waals surface area (Å²) in [5, 5.41) is 0. The molecule has 1 heterocycles. The fourth-order valence-corrected chi connectivity index (χ4v) is 3.92. The Labute approximate surface area is 183 Å². The van der Waals surface area contributed by atoms with E-state index in [0.717, 1.165) is 34.0 Å². The van der Waals surface area contributed by atoms with E-state index in [-0.39, 0.29) is 30.4 Å². The van der Waals surface area contributed by atoms with Crippen LogP contribution in [0.4, 0.5) is 4.39 Å². The van der Waals surface area contributed by atoms with Gasteiger partial charge >= 0.3 is 17.1 Å². The van der Waals surface area contributed by atoms with Gasteiger partial charge in [0.1, 0.15) is 0 Å². The number of hydrogen-bond acceptors (Lipinski definition) is 5. The standard InChI is InChI=1S/C23H25FN4O4/c1-32-19-12-6-11-18(20(19)24)28-22(30)26(13-15-7-5-8-15)21(29)27(23(28)31)14-17(25)16-9-3-2-4-10-16/h2-4,6,9-12,15,17H,5,7-8,13-14,25H2,1H3/t17-/m1/s1. The first-order chi connectivity index (χ1) is 15.4. The van der Waals surface area contributed by atoms with Gasteiger partial charge in [-0.05, 0) is 36.5 Å². The van der Waals surface area contributed by atoms with Gasteiger partial charge in [0.15, 0.2) is 11.6 Å². The van der Waals surface area contributed by atoms with Gasteiger partial charge in [-0.1, -0.05) is 42.8 Å². The third-order valence-corrected chi connectivity index (χ3v) is 5.98. The van der Waals surface area contributed by atoms with Crippen LogP contribution in [0.2, 0.25) is 0 Å². The maximum absolute atomic E-state index is 15.0. The first-order valence-electron chi connectivity index (χ1n) is 10.5. The Morgan fingerprint density at radius 1 is 1.00 bits per heavy atom. The molecule has 1 aliphatic rings. The van der Waals surface area contributed by atoms with Gasteiger partial charge in [-0.2, -0.15) is 0 Å². The normalized spacial score (nSPS) is 14.7. The minimum absolute atomic E-state index is 0.113. The highest BCUT2D eigenvalue weighted by molar-refractivity contribution is 5.41. The average Bonchev–Trinajstić information content (AvgIpc) is 2.77. The topological polar surface area (TPSA) is 101 Å². The van der Waals surface area contributed by atoms with Crippen molar-refractivity contribution >= 4 is 0 Å². The second kappa shape index (κ2) is 8.96. The van der Waals surface area contributed by atoms with Crippen molar-refractivity contribution in [2.75, 3.05) is 7.11 Å². The number of halogens is 1. The summed E-state index contributed by atoms with van der Waals surface area (Å²) in [7, 11) is 1.29. The molecule has 168 valence electrons. The molecule has 0 saturated heterocycles. The van der Waals surface area contributed by atoms with Gasteiger partial charge in [0.05, 0.1) is 19.3 Å². The van der Waals surface area contributed by atoms with E-state index in [1.54, 1.807) is 24.3 Å². The van der Waals surface area contributed by atoms with Crippen LogP contribution in [0.5, 0.6) is 5.75 Å². The van der Waals surface area contributed by atoms with Gasteiger partial charge in [-0.25, -0.2) is 32.5 Å². The quantitative estimate of drug-likeness (QED) is 0.604. The summed E-state index contributed by atoms with van der Waals surface area (Å²) in [5.74, 6) is -0.808. The lowest BCUT2D eigenvalue weighted by molar-refractivity contribution is 0.261. The molecule has 0 aliphatic heterocycles. The Morgan fingerprint density at radius 3 is 2.31 bits per heavy atom. The van der Waals surface area contributed by atoms with E-state index >= 15 is 4.39 Å². The molecule has 0 radical (unpaired) electrons. The summed E-state index contributed by atoms with van der Waals surface area (Å²) in [6, 6.07) is 12.5. The van der Waals surface area contributed by atoms with E-state index in [4.69, 9.17) is 10.5 Å². The second-order valence-electron chi connectivity index (χ2n) is 8.01. The maximum atomic E-state index is 15.0. The summed E-state index contributed by atoms with van der Waals surface area (Å²) in [6.07, 6.45) is 2.81. The summed E-state index contributed by atoms with van der Waals surface area (Å²) >= 11 is 0. The molecule has 0 spiro atoms. The third-order valence-electron chi connectivity index (χ3n) is 5.98. The van der Waals surface area contributed by atoms with Crippen molar-refractivity contribution in [3.8, 4) is 11.4 Å². The first kappa shape index (κ1) is 21.8. The minimum Gasteiger partial charge on any atom is -0.494 e. The highest BCUT2D eigenvalue weighted by Crippen LogP contribution is 2.27. The Kier molecular flexibility index (Phi) is 6.09. The van der Waals surface area contributed by atoms with E-state index in [0.29, 0.717) is 4.57 Å². The number of ether oxygens (including phenoxy) is 1. The van der Waals surface area contributed by atoms with E-state index in [9.17, 15) is 14.4 Å². The molecule has 32 heavy (non-hydrogen) atoms. The third kappa shape index (κ3) is 3.91. The molecule has 1 aliphatic carbocycles. The van der Waals surface area contributed by atoms with E-state index in [2.05, 4.69) is 0 Å². The smallest absolute Gasteiger partial charge is 0.341 e. The molecule has 1 fully saturated rings. The van der Waals surface area contributed by atoms with Crippen LogP contribution in [0.25, 0.3) is 5.69 Å². The highest BCUT2D eigenvalue weighted by atomic mass is 19.1. The SMILES string of the molecule is COc1cccc(-n2c(=O)n(CC3CCC3)c(=O)n(C[C@@H](N)c3ccccc3)c2=O)c1F. The lowest BCUT2D eigenvalue weighted by Crippen LogP contribution is -2.55. The molecule has 1 atom stereocenters. The number of rotatable bonds is 7. The van der Waals surface area contributed by atoms with Crippen LogP contribution < -0.4 is 27.5 Å². The van der Waals surface area contributed by atoms with Crippen LogP contribution in [0, 0.1) is 11.7 Å². The Balaban J connectivity index is 1.91. The summed E-state index contributed by atoms with van der Waals surface area (Å²) in [6.45, 7) is 0.0162. The Bertz CT molecular complexity index is 1290. The van der Waals surface area contributed by atoms with Crippen LogP contribution in [0.15, 0.2) is 62.9 Å². The Morgan fingerprint density at radius 2 is 1.69 bits per heavy atom. The molecule has 1 saturated carbocycles. The van der Waals surface area contributed by atoms with Crippen molar-refractivity contribution in [3.63, 3.8) is 0 Å². The summed E-state index contributed by atoms with van der Waals surface area (Å²) < 4.78 is 22.6. The zero-order valence-electron chi connectivity index (χ0n) is 17.7. The van der Waals surface area contributed by atoms with Crippen LogP contribution in [-0.2, 0) is 13.1 Å². The number of nitrogens with zero attached hydrogens (tertiary/aromatic N) is 3. The van der Waals surface area contributed by atoms with E-state index in [1.807, 2.05) is 6.07 Å². The second-order valence-corrected chi connectivity index (χ2v) is 8.01. The maximum Gasteiger partial charge on any atom is 0.341 e. The van der Waals surface area contributed by atoms with Crippen LogP contribution in [0.3, 0.4) is 0 Å². The molecule has 3 aromatic rings. The average molecular weight is 440 g/mol. The number of hydrogen-bond donors (Lipinski definition) is 1. The molecule has 0 bridgehead atoms. The number of nitrogens with two attached hydrogens (primary N) is 1. The molecular formula is C23H25FN4O4. The van der Waals surface area contributed by atoms with Gasteiger partial charge in [0.2, 0.25) is 0 Å². The fraction of sp³-hybridized carbons (Fsp3) is 0.348. The van der Waals surface area contributed by atoms with Gasteiger partial charge in [-0.3, -0.25) is 0 Å². The Hall–Kier alpha value is -3.46. The van der Waals surface area contributed by atoms with Crippen LogP contribution >= 0.6 is 0 Å². The monoisotopic (exact) mass is 440 g/mol.